The van der Waals surface area contributed by atoms with E-state index in [0.29, 0.717) is 37.1 Å². The van der Waals surface area contributed by atoms with Crippen molar-refractivity contribution in [1.82, 2.24) is 25.3 Å². The number of H-pyrrole nitrogens is 1. The molecule has 1 aromatic carbocycles. The zero-order valence-corrected chi connectivity index (χ0v) is 15.9. The van der Waals surface area contributed by atoms with Gasteiger partial charge in [-0.3, -0.25) is 24.8 Å². The van der Waals surface area contributed by atoms with Gasteiger partial charge in [-0.1, -0.05) is 0 Å². The van der Waals surface area contributed by atoms with Crippen LogP contribution in [0.4, 0.5) is 5.69 Å². The molecule has 3 heterocycles. The van der Waals surface area contributed by atoms with Crippen molar-refractivity contribution >= 4 is 40.8 Å². The van der Waals surface area contributed by atoms with Gasteiger partial charge in [0.05, 0.1) is 17.0 Å². The molecule has 1 atom stereocenters. The summed E-state index contributed by atoms with van der Waals surface area (Å²) >= 11 is 0. The Labute approximate surface area is 166 Å². The van der Waals surface area contributed by atoms with E-state index in [1.54, 1.807) is 11.0 Å². The summed E-state index contributed by atoms with van der Waals surface area (Å²) in [6.07, 6.45) is 1.67. The van der Waals surface area contributed by atoms with E-state index in [2.05, 4.69) is 15.5 Å². The predicted octanol–water partition coefficient (Wildman–Crippen LogP) is 0.929. The number of carbonyl (C=O) groups excluding carboxylic acids is 2. The van der Waals surface area contributed by atoms with Crippen LogP contribution < -0.4 is 5.32 Å². The molecule has 2 aromatic rings. The second-order valence-electron chi connectivity index (χ2n) is 6.87. The molecule has 0 bridgehead atoms. The summed E-state index contributed by atoms with van der Waals surface area (Å²) in [5.74, 6) is -0.213. The van der Waals surface area contributed by atoms with Crippen LogP contribution in [0.2, 0.25) is 0 Å². The van der Waals surface area contributed by atoms with E-state index in [0.717, 1.165) is 19.4 Å². The summed E-state index contributed by atoms with van der Waals surface area (Å²) in [5, 5.41) is 21.4. The number of likely N-dealkylation sites (tertiary alicyclic amines) is 1. The van der Waals surface area contributed by atoms with Crippen molar-refractivity contribution in [1.29, 1.82) is 0 Å². The molecule has 2 aliphatic rings. The van der Waals surface area contributed by atoms with Gasteiger partial charge in [0, 0.05) is 49.7 Å². The standard InChI is InChI=1S/C17H20N6O4.ClH/c24-15-9-18-5-7-22(15)12-2-1-6-21(10-12)17(25)16-13-8-11(23(26)27)3-4-14(13)19-20-16;/h3-4,8,12,18H,1-2,5-7,9-10H2,(H,19,20);1H. The molecule has 1 unspecified atom stereocenters. The zero-order valence-electron chi connectivity index (χ0n) is 15.1. The van der Waals surface area contributed by atoms with Crippen LogP contribution in [0.5, 0.6) is 0 Å². The number of amides is 2. The molecule has 150 valence electrons. The van der Waals surface area contributed by atoms with E-state index in [4.69, 9.17) is 0 Å². The second kappa shape index (κ2) is 8.11. The Balaban J connectivity index is 0.00000225. The van der Waals surface area contributed by atoms with Crippen molar-refractivity contribution in [2.45, 2.75) is 18.9 Å². The van der Waals surface area contributed by atoms with Crippen LogP contribution in [0.1, 0.15) is 23.3 Å². The highest BCUT2D eigenvalue weighted by atomic mass is 35.5. The number of nitro groups is 1. The highest BCUT2D eigenvalue weighted by Crippen LogP contribution is 2.25. The topological polar surface area (TPSA) is 124 Å². The number of halogens is 1. The summed E-state index contributed by atoms with van der Waals surface area (Å²) in [4.78, 5) is 39.3. The van der Waals surface area contributed by atoms with Crippen LogP contribution in [0, 0.1) is 10.1 Å². The number of aromatic nitrogens is 2. The van der Waals surface area contributed by atoms with Gasteiger partial charge in [-0.2, -0.15) is 5.10 Å². The molecular formula is C17H21ClN6O4. The van der Waals surface area contributed by atoms with Gasteiger partial charge in [0.1, 0.15) is 0 Å². The van der Waals surface area contributed by atoms with Crippen molar-refractivity contribution in [2.75, 3.05) is 32.7 Å². The summed E-state index contributed by atoms with van der Waals surface area (Å²) in [7, 11) is 0. The van der Waals surface area contributed by atoms with Crippen LogP contribution in [0.15, 0.2) is 18.2 Å². The molecule has 2 N–H and O–H groups in total. The lowest BCUT2D eigenvalue weighted by molar-refractivity contribution is -0.384. The highest BCUT2D eigenvalue weighted by Gasteiger charge is 2.33. The smallest absolute Gasteiger partial charge is 0.275 e. The number of nitrogens with zero attached hydrogens (tertiary/aromatic N) is 4. The Hall–Kier alpha value is -2.72. The van der Waals surface area contributed by atoms with E-state index in [9.17, 15) is 19.7 Å². The van der Waals surface area contributed by atoms with Gasteiger partial charge < -0.3 is 15.1 Å². The number of aromatic amines is 1. The van der Waals surface area contributed by atoms with Crippen molar-refractivity contribution < 1.29 is 14.5 Å². The fourth-order valence-electron chi connectivity index (χ4n) is 3.83. The summed E-state index contributed by atoms with van der Waals surface area (Å²) in [6.45, 7) is 2.76. The number of piperidine rings is 1. The van der Waals surface area contributed by atoms with E-state index < -0.39 is 4.92 Å². The second-order valence-corrected chi connectivity index (χ2v) is 6.87. The first-order valence-electron chi connectivity index (χ1n) is 8.96. The van der Waals surface area contributed by atoms with Crippen LogP contribution in [0.3, 0.4) is 0 Å². The number of benzene rings is 1. The maximum atomic E-state index is 13.0. The Kier molecular flexibility index (Phi) is 5.80. The van der Waals surface area contributed by atoms with Gasteiger partial charge in [0.2, 0.25) is 5.91 Å². The van der Waals surface area contributed by atoms with Crippen LogP contribution in [-0.2, 0) is 4.79 Å². The first-order valence-corrected chi connectivity index (χ1v) is 8.96. The predicted molar refractivity (Wildman–Crippen MR) is 104 cm³/mol. The quantitative estimate of drug-likeness (QED) is 0.575. The number of nitro benzene ring substituents is 1. The van der Waals surface area contributed by atoms with Crippen molar-refractivity contribution in [3.05, 3.63) is 34.0 Å². The fourth-order valence-corrected chi connectivity index (χ4v) is 3.83. The molecule has 4 rings (SSSR count). The Morgan fingerprint density at radius 2 is 2.14 bits per heavy atom. The summed E-state index contributed by atoms with van der Waals surface area (Å²) < 4.78 is 0. The molecular weight excluding hydrogens is 388 g/mol. The summed E-state index contributed by atoms with van der Waals surface area (Å²) in [6, 6.07) is 4.29. The Morgan fingerprint density at radius 1 is 1.32 bits per heavy atom. The van der Waals surface area contributed by atoms with Crippen LogP contribution in [0.25, 0.3) is 10.9 Å². The van der Waals surface area contributed by atoms with E-state index >= 15 is 0 Å². The molecule has 0 aliphatic carbocycles. The van der Waals surface area contributed by atoms with Gasteiger partial charge in [0.25, 0.3) is 11.6 Å². The molecule has 2 aliphatic heterocycles. The average molecular weight is 409 g/mol. The summed E-state index contributed by atoms with van der Waals surface area (Å²) in [5.41, 5.74) is 0.677. The van der Waals surface area contributed by atoms with E-state index in [-0.39, 0.29) is 41.6 Å². The third-order valence-electron chi connectivity index (χ3n) is 5.21. The molecule has 11 heteroatoms. The minimum atomic E-state index is -0.492. The number of nitrogens with one attached hydrogen (secondary N) is 2. The molecule has 0 radical (unpaired) electrons. The van der Waals surface area contributed by atoms with Gasteiger partial charge in [-0.25, -0.2) is 0 Å². The largest absolute Gasteiger partial charge is 0.336 e. The first kappa shape index (κ1) is 20.0. The van der Waals surface area contributed by atoms with Crippen molar-refractivity contribution in [2.24, 2.45) is 0 Å². The van der Waals surface area contributed by atoms with Crippen molar-refractivity contribution in [3.8, 4) is 0 Å². The molecule has 0 saturated carbocycles. The molecule has 2 fully saturated rings. The molecule has 2 saturated heterocycles. The molecule has 0 spiro atoms. The number of carbonyl (C=O) groups is 2. The molecule has 1 aromatic heterocycles. The number of rotatable bonds is 3. The Bertz CT molecular complexity index is 916. The third kappa shape index (κ3) is 3.65. The van der Waals surface area contributed by atoms with Crippen LogP contribution >= 0.6 is 12.4 Å². The maximum absolute atomic E-state index is 13.0. The van der Waals surface area contributed by atoms with Gasteiger partial charge >= 0.3 is 0 Å². The number of non-ortho nitro benzene ring substituents is 1. The number of hydrogen-bond donors (Lipinski definition) is 2. The first-order chi connectivity index (χ1) is 13.0. The lowest BCUT2D eigenvalue weighted by Gasteiger charge is -2.41. The minimum absolute atomic E-state index is 0. The number of piperazine rings is 1. The minimum Gasteiger partial charge on any atom is -0.336 e. The third-order valence-corrected chi connectivity index (χ3v) is 5.21. The molecule has 28 heavy (non-hydrogen) atoms. The van der Waals surface area contributed by atoms with Gasteiger partial charge in [-0.15, -0.1) is 12.4 Å². The monoisotopic (exact) mass is 408 g/mol. The average Bonchev–Trinajstić information content (AvgIpc) is 3.11. The SMILES string of the molecule is Cl.O=C(c1n[nH]c2ccc([N+](=O)[O-])cc12)N1CCCC(N2CCNCC2=O)C1. The maximum Gasteiger partial charge on any atom is 0.275 e. The Morgan fingerprint density at radius 3 is 2.89 bits per heavy atom. The van der Waals surface area contributed by atoms with E-state index in [1.165, 1.54) is 12.1 Å². The van der Waals surface area contributed by atoms with Gasteiger partial charge in [0.15, 0.2) is 5.69 Å². The van der Waals surface area contributed by atoms with Crippen LogP contribution in [-0.4, -0.2) is 75.5 Å². The highest BCUT2D eigenvalue weighted by molar-refractivity contribution is 6.05. The van der Waals surface area contributed by atoms with E-state index in [1.807, 2.05) is 4.90 Å². The molecule has 2 amide bonds. The zero-order chi connectivity index (χ0) is 19.0. The lowest BCUT2D eigenvalue weighted by Crippen LogP contribution is -2.57. The lowest BCUT2D eigenvalue weighted by atomic mass is 10.0. The number of fused-ring (bicyclic) bond motifs is 1. The fraction of sp³-hybridized carbons (Fsp3) is 0.471. The van der Waals surface area contributed by atoms with Gasteiger partial charge in [-0.05, 0) is 18.9 Å². The van der Waals surface area contributed by atoms with Crippen molar-refractivity contribution in [3.63, 3.8) is 0 Å². The normalized spacial score (nSPS) is 20.1. The number of hydrogen-bond acceptors (Lipinski definition) is 6. The molecule has 10 nitrogen and oxygen atoms in total.